The van der Waals surface area contributed by atoms with E-state index in [1.54, 1.807) is 0 Å². The van der Waals surface area contributed by atoms with Crippen LogP contribution in [0.2, 0.25) is 0 Å². The number of aromatic nitrogens is 5. The van der Waals surface area contributed by atoms with Gasteiger partial charge in [0.1, 0.15) is 0 Å². The first-order valence-electron chi connectivity index (χ1n) is 23.1. The Bertz CT molecular complexity index is 4300. The van der Waals surface area contributed by atoms with Gasteiger partial charge in [-0.05, 0) is 86.6 Å². The van der Waals surface area contributed by atoms with Crippen LogP contribution >= 0.6 is 0 Å². The molecule has 0 atom stereocenters. The molecule has 0 saturated carbocycles. The number of hydrogen-bond donors (Lipinski definition) is 0. The third-order valence-corrected chi connectivity index (χ3v) is 13.7. The quantitative estimate of drug-likeness (QED) is 0.167. The second-order valence-electron chi connectivity index (χ2n) is 17.6. The van der Waals surface area contributed by atoms with Crippen molar-refractivity contribution in [2.45, 2.75) is 0 Å². The first-order chi connectivity index (χ1) is 33.7. The molecule has 14 aromatic rings. The summed E-state index contributed by atoms with van der Waals surface area (Å²) in [5, 5.41) is 12.1. The van der Waals surface area contributed by atoms with Crippen LogP contribution in [0.25, 0.3) is 133 Å². The Morgan fingerprint density at radius 3 is 1.62 bits per heavy atom. The molecular formula is C63H39N5. The Balaban J connectivity index is 0.963. The maximum atomic E-state index is 5.15. The normalized spacial score (nSPS) is 11.8. The van der Waals surface area contributed by atoms with Crippen LogP contribution in [0, 0.1) is 0 Å². The lowest BCUT2D eigenvalue weighted by atomic mass is 10.0. The van der Waals surface area contributed by atoms with Gasteiger partial charge in [-0.25, -0.2) is 15.0 Å². The molecule has 3 heterocycles. The Kier molecular flexibility index (Phi) is 8.52. The SMILES string of the molecule is c1ccc(-c2ccc(-c3nc(-c4ccccc4)nc(-c4ccc5c(-n6c7ccccc7c7cc8c9c%10ccccc%10ccc9n(-c9ccc%10ccccc%10c9)c8cc76)cccc5c4)n3)cc2)cc1. The van der Waals surface area contributed by atoms with Crippen molar-refractivity contribution in [2.75, 3.05) is 0 Å². The maximum absolute atomic E-state index is 5.15. The third kappa shape index (κ3) is 6.06. The van der Waals surface area contributed by atoms with Gasteiger partial charge in [-0.15, -0.1) is 0 Å². The van der Waals surface area contributed by atoms with Gasteiger partial charge in [-0.1, -0.05) is 188 Å². The van der Waals surface area contributed by atoms with E-state index in [2.05, 4.69) is 221 Å². The van der Waals surface area contributed by atoms with Gasteiger partial charge in [0.25, 0.3) is 0 Å². The van der Waals surface area contributed by atoms with E-state index in [4.69, 9.17) is 15.0 Å². The molecule has 11 aromatic carbocycles. The van der Waals surface area contributed by atoms with Crippen molar-refractivity contribution in [3.8, 4) is 56.7 Å². The molecule has 0 aliphatic rings. The van der Waals surface area contributed by atoms with E-state index in [1.807, 2.05) is 24.3 Å². The van der Waals surface area contributed by atoms with Gasteiger partial charge < -0.3 is 9.13 Å². The second kappa shape index (κ2) is 15.2. The fourth-order valence-corrected chi connectivity index (χ4v) is 10.5. The predicted octanol–water partition coefficient (Wildman–Crippen LogP) is 16.2. The minimum atomic E-state index is 0.626. The standard InChI is InChI=1S/C63H39N5/c1-3-14-40(15-4-1)42-26-28-45(29-27-42)62-64-61(44-18-5-2-6-19-44)65-63(66-62)48-31-34-50-47(36-48)21-13-25-55(50)68-56-24-12-11-23-52(56)53-38-54-59(39-58(53)68)67(49-33-30-41-16-7-8-20-46(41)37-49)57-35-32-43-17-9-10-22-51(43)60(54)57/h1-39H. The number of benzene rings is 11. The van der Waals surface area contributed by atoms with Crippen LogP contribution in [0.15, 0.2) is 237 Å². The highest BCUT2D eigenvalue weighted by Gasteiger charge is 2.21. The zero-order valence-electron chi connectivity index (χ0n) is 36.8. The van der Waals surface area contributed by atoms with Crippen LogP contribution in [-0.4, -0.2) is 24.1 Å². The largest absolute Gasteiger partial charge is 0.309 e. The first kappa shape index (κ1) is 38.1. The molecule has 0 saturated heterocycles. The molecule has 5 nitrogen and oxygen atoms in total. The summed E-state index contributed by atoms with van der Waals surface area (Å²) < 4.78 is 4.92. The summed E-state index contributed by atoms with van der Waals surface area (Å²) in [6.07, 6.45) is 0. The molecule has 316 valence electrons. The summed E-state index contributed by atoms with van der Waals surface area (Å²) in [6, 6.07) is 84.8. The number of para-hydroxylation sites is 1. The molecule has 14 rings (SSSR count). The summed E-state index contributed by atoms with van der Waals surface area (Å²) >= 11 is 0. The summed E-state index contributed by atoms with van der Waals surface area (Å²) in [5.41, 5.74) is 12.0. The zero-order chi connectivity index (χ0) is 44.7. The molecule has 0 N–H and O–H groups in total. The topological polar surface area (TPSA) is 48.5 Å². The van der Waals surface area contributed by atoms with E-state index in [0.717, 1.165) is 55.4 Å². The number of rotatable bonds is 6. The smallest absolute Gasteiger partial charge is 0.164 e. The van der Waals surface area contributed by atoms with Gasteiger partial charge >= 0.3 is 0 Å². The molecule has 0 bridgehead atoms. The van der Waals surface area contributed by atoms with Gasteiger partial charge in [-0.2, -0.15) is 0 Å². The van der Waals surface area contributed by atoms with Gasteiger partial charge in [-0.3, -0.25) is 0 Å². The average Bonchev–Trinajstić information content (AvgIpc) is 3.92. The van der Waals surface area contributed by atoms with Crippen LogP contribution in [-0.2, 0) is 0 Å². The molecule has 3 aromatic heterocycles. The Hall–Kier alpha value is -9.19. The van der Waals surface area contributed by atoms with Crippen LogP contribution in [0.3, 0.4) is 0 Å². The monoisotopic (exact) mass is 865 g/mol. The van der Waals surface area contributed by atoms with Crippen LogP contribution in [0.5, 0.6) is 0 Å². The van der Waals surface area contributed by atoms with Gasteiger partial charge in [0.2, 0.25) is 0 Å². The van der Waals surface area contributed by atoms with Crippen LogP contribution in [0.1, 0.15) is 0 Å². The van der Waals surface area contributed by atoms with Crippen molar-refractivity contribution >= 4 is 75.9 Å². The Morgan fingerprint density at radius 2 is 0.824 bits per heavy atom. The van der Waals surface area contributed by atoms with E-state index in [-0.39, 0.29) is 0 Å². The summed E-state index contributed by atoms with van der Waals surface area (Å²) in [6.45, 7) is 0. The summed E-state index contributed by atoms with van der Waals surface area (Å²) in [5.74, 6) is 1.90. The molecule has 0 aliphatic heterocycles. The van der Waals surface area contributed by atoms with E-state index in [9.17, 15) is 0 Å². The predicted molar refractivity (Wildman–Crippen MR) is 283 cm³/mol. The summed E-state index contributed by atoms with van der Waals surface area (Å²) in [7, 11) is 0. The molecule has 0 fully saturated rings. The first-order valence-corrected chi connectivity index (χ1v) is 23.1. The summed E-state index contributed by atoms with van der Waals surface area (Å²) in [4.78, 5) is 15.3. The molecule has 0 amide bonds. The van der Waals surface area contributed by atoms with Crippen molar-refractivity contribution < 1.29 is 0 Å². The highest BCUT2D eigenvalue weighted by molar-refractivity contribution is 6.25. The third-order valence-electron chi connectivity index (χ3n) is 13.7. The Morgan fingerprint density at radius 1 is 0.250 bits per heavy atom. The van der Waals surface area contributed by atoms with E-state index in [0.29, 0.717) is 17.5 Å². The molecule has 0 unspecified atom stereocenters. The van der Waals surface area contributed by atoms with E-state index < -0.39 is 0 Å². The van der Waals surface area contributed by atoms with Gasteiger partial charge in [0.15, 0.2) is 17.5 Å². The highest BCUT2D eigenvalue weighted by Crippen LogP contribution is 2.43. The van der Waals surface area contributed by atoms with Crippen molar-refractivity contribution in [1.29, 1.82) is 0 Å². The fraction of sp³-hybridized carbons (Fsp3) is 0. The van der Waals surface area contributed by atoms with Crippen molar-refractivity contribution in [3.05, 3.63) is 237 Å². The number of nitrogens with zero attached hydrogens (tertiary/aromatic N) is 5. The highest BCUT2D eigenvalue weighted by atomic mass is 15.0. The van der Waals surface area contributed by atoms with Crippen molar-refractivity contribution in [1.82, 2.24) is 24.1 Å². The maximum Gasteiger partial charge on any atom is 0.164 e. The van der Waals surface area contributed by atoms with Gasteiger partial charge in [0, 0.05) is 49.3 Å². The number of fused-ring (bicyclic) bond motifs is 10. The molecule has 0 radical (unpaired) electrons. The molecular weight excluding hydrogens is 827 g/mol. The number of hydrogen-bond acceptors (Lipinski definition) is 3. The van der Waals surface area contributed by atoms with E-state index >= 15 is 0 Å². The van der Waals surface area contributed by atoms with Crippen molar-refractivity contribution in [3.63, 3.8) is 0 Å². The van der Waals surface area contributed by atoms with Crippen molar-refractivity contribution in [2.24, 2.45) is 0 Å². The molecule has 0 spiro atoms. The average molecular weight is 866 g/mol. The van der Waals surface area contributed by atoms with Gasteiger partial charge in [0.05, 0.1) is 27.8 Å². The minimum Gasteiger partial charge on any atom is -0.309 e. The zero-order valence-corrected chi connectivity index (χ0v) is 36.8. The second-order valence-corrected chi connectivity index (χ2v) is 17.6. The minimum absolute atomic E-state index is 0.626. The molecule has 5 heteroatoms. The Labute approximate surface area is 391 Å². The van der Waals surface area contributed by atoms with Crippen LogP contribution in [0.4, 0.5) is 0 Å². The lowest BCUT2D eigenvalue weighted by molar-refractivity contribution is 1.07. The fourth-order valence-electron chi connectivity index (χ4n) is 10.5. The van der Waals surface area contributed by atoms with E-state index in [1.165, 1.54) is 59.7 Å². The van der Waals surface area contributed by atoms with Crippen LogP contribution < -0.4 is 0 Å². The lowest BCUT2D eigenvalue weighted by Crippen LogP contribution is -2.00. The molecule has 0 aliphatic carbocycles. The molecule has 68 heavy (non-hydrogen) atoms. The lowest BCUT2D eigenvalue weighted by Gasteiger charge is -2.14.